The van der Waals surface area contributed by atoms with Gasteiger partial charge in [-0.3, -0.25) is 4.79 Å². The zero-order chi connectivity index (χ0) is 21.9. The average molecular weight is 430 g/mol. The molecule has 30 heavy (non-hydrogen) atoms. The molecule has 0 saturated carbocycles. The number of hydrogen-bond donors (Lipinski definition) is 1. The lowest BCUT2D eigenvalue weighted by molar-refractivity contribution is -0.118. The van der Waals surface area contributed by atoms with E-state index in [4.69, 9.17) is 9.47 Å². The van der Waals surface area contributed by atoms with Crippen molar-refractivity contribution in [1.29, 1.82) is 0 Å². The van der Waals surface area contributed by atoms with E-state index >= 15 is 0 Å². The molecule has 0 spiro atoms. The molecule has 1 heterocycles. The highest BCUT2D eigenvalue weighted by molar-refractivity contribution is 7.17. The molecule has 0 fully saturated rings. The van der Waals surface area contributed by atoms with Gasteiger partial charge >= 0.3 is 5.97 Å². The van der Waals surface area contributed by atoms with E-state index in [1.54, 1.807) is 6.92 Å². The molecule has 0 saturated heterocycles. The van der Waals surface area contributed by atoms with Crippen molar-refractivity contribution in [3.63, 3.8) is 0 Å². The maximum Gasteiger partial charge on any atom is 0.341 e. The van der Waals surface area contributed by atoms with Crippen molar-refractivity contribution in [2.45, 2.75) is 59.3 Å². The number of benzene rings is 1. The molecule has 1 aromatic carbocycles. The minimum absolute atomic E-state index is 0.0896. The molecule has 0 radical (unpaired) electrons. The van der Waals surface area contributed by atoms with Crippen LogP contribution in [0.2, 0.25) is 0 Å². The minimum Gasteiger partial charge on any atom is -0.483 e. The van der Waals surface area contributed by atoms with Gasteiger partial charge in [-0.2, -0.15) is 0 Å². The van der Waals surface area contributed by atoms with Crippen molar-refractivity contribution >= 4 is 28.2 Å². The fourth-order valence-electron chi connectivity index (χ4n) is 3.78. The van der Waals surface area contributed by atoms with Gasteiger partial charge in [0.05, 0.1) is 12.2 Å². The molecule has 2 aromatic rings. The molecule has 1 atom stereocenters. The highest BCUT2D eigenvalue weighted by atomic mass is 32.1. The molecule has 5 nitrogen and oxygen atoms in total. The first-order chi connectivity index (χ1) is 14.2. The number of para-hydroxylation sites is 1. The highest BCUT2D eigenvalue weighted by Crippen LogP contribution is 2.40. The predicted octanol–water partition coefficient (Wildman–Crippen LogP) is 5.36. The van der Waals surface area contributed by atoms with Crippen molar-refractivity contribution in [1.82, 2.24) is 0 Å². The summed E-state index contributed by atoms with van der Waals surface area (Å²) in [7, 11) is 0. The van der Waals surface area contributed by atoms with Gasteiger partial charge in [-0.05, 0) is 54.7 Å². The Labute approximate surface area is 182 Å². The zero-order valence-corrected chi connectivity index (χ0v) is 19.3. The van der Waals surface area contributed by atoms with Crippen molar-refractivity contribution in [2.75, 3.05) is 18.5 Å². The number of esters is 1. The summed E-state index contributed by atoms with van der Waals surface area (Å²) >= 11 is 1.49. The number of nitrogens with one attached hydrogen (secondary N) is 1. The molecule has 0 aliphatic heterocycles. The van der Waals surface area contributed by atoms with Crippen LogP contribution in [0.1, 0.15) is 67.4 Å². The third-order valence-corrected chi connectivity index (χ3v) is 6.47. The van der Waals surface area contributed by atoms with Gasteiger partial charge < -0.3 is 14.8 Å². The van der Waals surface area contributed by atoms with Crippen LogP contribution in [0.15, 0.2) is 24.3 Å². The Morgan fingerprint density at radius 2 is 1.97 bits per heavy atom. The second-order valence-corrected chi connectivity index (χ2v) is 9.96. The predicted molar refractivity (Wildman–Crippen MR) is 121 cm³/mol. The maximum absolute atomic E-state index is 12.7. The van der Waals surface area contributed by atoms with Crippen LogP contribution in [0, 0.1) is 5.92 Å². The number of anilines is 1. The van der Waals surface area contributed by atoms with Crippen molar-refractivity contribution < 1.29 is 19.1 Å². The van der Waals surface area contributed by atoms with Gasteiger partial charge in [0.1, 0.15) is 10.8 Å². The Bertz CT molecular complexity index is 926. The summed E-state index contributed by atoms with van der Waals surface area (Å²) in [6, 6.07) is 7.76. The lowest BCUT2D eigenvalue weighted by Gasteiger charge is -2.22. The first-order valence-electron chi connectivity index (χ1n) is 10.5. The van der Waals surface area contributed by atoms with Crippen molar-refractivity contribution in [2.24, 2.45) is 5.92 Å². The minimum atomic E-state index is -0.362. The molecule has 1 aliphatic rings. The summed E-state index contributed by atoms with van der Waals surface area (Å²) in [5, 5.41) is 3.48. The lowest BCUT2D eigenvalue weighted by Crippen LogP contribution is -2.23. The van der Waals surface area contributed by atoms with E-state index < -0.39 is 0 Å². The summed E-state index contributed by atoms with van der Waals surface area (Å²) in [6.45, 7) is 10.5. The first-order valence-corrected chi connectivity index (χ1v) is 11.4. The number of thiophene rings is 1. The van der Waals surface area contributed by atoms with E-state index in [1.165, 1.54) is 16.2 Å². The smallest absolute Gasteiger partial charge is 0.341 e. The Morgan fingerprint density at radius 3 is 2.67 bits per heavy atom. The van der Waals surface area contributed by atoms with Gasteiger partial charge in [-0.1, -0.05) is 45.9 Å². The number of rotatable bonds is 6. The standard InChI is InChI=1S/C24H31NO4S/c1-6-28-23(27)21-16-12-11-15(2)13-19(16)30-22(21)25-20(26)14-29-18-10-8-7-9-17(18)24(3,4)5/h7-10,15H,6,11-14H2,1-5H3,(H,25,26)/t15-/m0/s1. The van der Waals surface area contributed by atoms with Crippen LogP contribution in [0.3, 0.4) is 0 Å². The molecule has 1 aromatic heterocycles. The first kappa shape index (κ1) is 22.3. The monoisotopic (exact) mass is 429 g/mol. The molecule has 0 bridgehead atoms. The van der Waals surface area contributed by atoms with Gasteiger partial charge in [0.15, 0.2) is 6.61 Å². The fourth-order valence-corrected chi connectivity index (χ4v) is 5.19. The normalized spacial score (nSPS) is 16.0. The number of hydrogen-bond acceptors (Lipinski definition) is 5. The van der Waals surface area contributed by atoms with E-state index in [0.29, 0.717) is 28.8 Å². The summed E-state index contributed by atoms with van der Waals surface area (Å²) < 4.78 is 11.1. The van der Waals surface area contributed by atoms with Crippen LogP contribution in [-0.4, -0.2) is 25.1 Å². The second-order valence-electron chi connectivity index (χ2n) is 8.86. The molecular weight excluding hydrogens is 398 g/mol. The highest BCUT2D eigenvalue weighted by Gasteiger charge is 2.29. The summed E-state index contributed by atoms with van der Waals surface area (Å²) in [5.41, 5.74) is 2.51. The van der Waals surface area contributed by atoms with Crippen LogP contribution in [-0.2, 0) is 27.8 Å². The molecule has 1 N–H and O–H groups in total. The van der Waals surface area contributed by atoms with Crippen molar-refractivity contribution in [3.05, 3.63) is 45.8 Å². The van der Waals surface area contributed by atoms with Crippen LogP contribution in [0.4, 0.5) is 5.00 Å². The Kier molecular flexibility index (Phi) is 6.86. The Balaban J connectivity index is 1.77. The summed E-state index contributed by atoms with van der Waals surface area (Å²) in [4.78, 5) is 26.4. The number of fused-ring (bicyclic) bond motifs is 1. The largest absolute Gasteiger partial charge is 0.483 e. The van der Waals surface area contributed by atoms with E-state index in [9.17, 15) is 9.59 Å². The quantitative estimate of drug-likeness (QED) is 0.628. The van der Waals surface area contributed by atoms with Crippen molar-refractivity contribution in [3.8, 4) is 5.75 Å². The fraction of sp³-hybridized carbons (Fsp3) is 0.500. The van der Waals surface area contributed by atoms with Gasteiger partial charge in [0.25, 0.3) is 5.91 Å². The number of carbonyl (C=O) groups excluding carboxylic acids is 2. The summed E-state index contributed by atoms with van der Waals surface area (Å²) in [5.74, 6) is 0.631. The third kappa shape index (κ3) is 5.04. The van der Waals surface area contributed by atoms with E-state index in [1.807, 2.05) is 24.3 Å². The van der Waals surface area contributed by atoms with E-state index in [0.717, 1.165) is 30.4 Å². The molecule has 6 heteroatoms. The maximum atomic E-state index is 12.7. The summed E-state index contributed by atoms with van der Waals surface area (Å²) in [6.07, 6.45) is 2.81. The van der Waals surface area contributed by atoms with Gasteiger partial charge in [0.2, 0.25) is 0 Å². The molecule has 0 unspecified atom stereocenters. The number of amides is 1. The number of carbonyl (C=O) groups is 2. The molecule has 162 valence electrons. The zero-order valence-electron chi connectivity index (χ0n) is 18.5. The molecule has 1 aliphatic carbocycles. The van der Waals surface area contributed by atoms with Crippen LogP contribution >= 0.6 is 11.3 Å². The van der Waals surface area contributed by atoms with E-state index in [-0.39, 0.29) is 23.9 Å². The molecule has 3 rings (SSSR count). The van der Waals surface area contributed by atoms with Gasteiger partial charge in [-0.15, -0.1) is 11.3 Å². The van der Waals surface area contributed by atoms with Crippen LogP contribution in [0.5, 0.6) is 5.75 Å². The van der Waals surface area contributed by atoms with Gasteiger partial charge in [-0.25, -0.2) is 4.79 Å². The Hall–Kier alpha value is -2.34. The number of ether oxygens (including phenoxy) is 2. The molecule has 1 amide bonds. The van der Waals surface area contributed by atoms with E-state index in [2.05, 4.69) is 33.0 Å². The van der Waals surface area contributed by atoms with Crippen LogP contribution < -0.4 is 10.1 Å². The third-order valence-electron chi connectivity index (χ3n) is 5.30. The molecular formula is C24H31NO4S. The average Bonchev–Trinajstić information content (AvgIpc) is 3.02. The lowest BCUT2D eigenvalue weighted by atomic mass is 9.86. The Morgan fingerprint density at radius 1 is 1.23 bits per heavy atom. The SMILES string of the molecule is CCOC(=O)c1c(NC(=O)COc2ccccc2C(C)(C)C)sc2c1CC[C@H](C)C2. The van der Waals surface area contributed by atoms with Gasteiger partial charge in [0, 0.05) is 4.88 Å². The topological polar surface area (TPSA) is 64.6 Å². The van der Waals surface area contributed by atoms with Crippen LogP contribution in [0.25, 0.3) is 0 Å². The second kappa shape index (κ2) is 9.21.